The van der Waals surface area contributed by atoms with E-state index >= 15 is 0 Å². The third-order valence-corrected chi connectivity index (χ3v) is 3.92. The molecular formula is C9H11O3P. The Morgan fingerprint density at radius 2 is 2.23 bits per heavy atom. The molecule has 1 heterocycles. The summed E-state index contributed by atoms with van der Waals surface area (Å²) in [4.78, 5) is 0. The van der Waals surface area contributed by atoms with Gasteiger partial charge < -0.3 is 4.52 Å². The number of terminal acetylenes is 2. The fourth-order valence-electron chi connectivity index (χ4n) is 1.20. The maximum Gasteiger partial charge on any atom is 0.331 e. The molecule has 0 aliphatic carbocycles. The van der Waals surface area contributed by atoms with E-state index < -0.39 is 13.7 Å². The normalized spacial score (nSPS) is 39.0. The van der Waals surface area contributed by atoms with Crippen LogP contribution >= 0.6 is 7.60 Å². The Morgan fingerprint density at radius 1 is 1.54 bits per heavy atom. The van der Waals surface area contributed by atoms with Gasteiger partial charge in [0.25, 0.3) is 0 Å². The molecule has 3 atom stereocenters. The maximum atomic E-state index is 11.6. The predicted molar refractivity (Wildman–Crippen MR) is 50.1 cm³/mol. The molecule has 0 aromatic rings. The van der Waals surface area contributed by atoms with E-state index in [2.05, 4.69) is 11.8 Å². The number of hydrogen-bond donors (Lipinski definition) is 0. The summed E-state index contributed by atoms with van der Waals surface area (Å²) in [5, 5.41) is 0. The second kappa shape index (κ2) is 3.99. The van der Waals surface area contributed by atoms with Crippen LogP contribution in [0.15, 0.2) is 0 Å². The second-order valence-corrected chi connectivity index (χ2v) is 5.02. The molecule has 3 nitrogen and oxygen atoms in total. The molecule has 70 valence electrons. The van der Waals surface area contributed by atoms with Crippen molar-refractivity contribution in [1.82, 2.24) is 0 Å². The van der Waals surface area contributed by atoms with E-state index in [0.29, 0.717) is 12.6 Å². The van der Waals surface area contributed by atoms with Crippen molar-refractivity contribution in [2.75, 3.05) is 13.3 Å². The summed E-state index contributed by atoms with van der Waals surface area (Å²) in [5.41, 5.74) is 0. The Kier molecular flexibility index (Phi) is 3.17. The summed E-state index contributed by atoms with van der Waals surface area (Å²) in [7, 11) is -1.60. The predicted octanol–water partition coefficient (Wildman–Crippen LogP) is 1.50. The minimum atomic E-state index is -2.96. The first-order chi connectivity index (χ1) is 6.15. The van der Waals surface area contributed by atoms with E-state index in [4.69, 9.17) is 21.9 Å². The first-order valence-corrected chi connectivity index (χ1v) is 5.63. The molecule has 0 saturated carbocycles. The summed E-state index contributed by atoms with van der Waals surface area (Å²) < 4.78 is 21.5. The average Bonchev–Trinajstić information content (AvgIpc) is 2.18. The highest BCUT2D eigenvalue weighted by Gasteiger charge is 2.36. The Morgan fingerprint density at radius 3 is 2.69 bits per heavy atom. The van der Waals surface area contributed by atoms with E-state index in [-0.39, 0.29) is 5.92 Å². The van der Waals surface area contributed by atoms with Crippen molar-refractivity contribution in [3.8, 4) is 24.7 Å². The third kappa shape index (κ3) is 2.14. The van der Waals surface area contributed by atoms with Gasteiger partial charge in [-0.2, -0.15) is 0 Å². The lowest BCUT2D eigenvalue weighted by molar-refractivity contribution is 0.149. The molecule has 1 rings (SSSR count). The second-order valence-electron chi connectivity index (χ2n) is 2.77. The Balaban J connectivity index is 2.77. The molecule has 0 N–H and O–H groups in total. The quantitative estimate of drug-likeness (QED) is 0.473. The first kappa shape index (κ1) is 10.4. The largest absolute Gasteiger partial charge is 0.331 e. The minimum absolute atomic E-state index is 0.151. The molecule has 1 fully saturated rings. The zero-order chi connectivity index (χ0) is 9.90. The molecule has 3 unspecified atom stereocenters. The average molecular weight is 198 g/mol. The van der Waals surface area contributed by atoms with Gasteiger partial charge in [-0.05, 0) is 6.42 Å². The molecule has 0 bridgehead atoms. The van der Waals surface area contributed by atoms with Crippen LogP contribution in [0.4, 0.5) is 0 Å². The van der Waals surface area contributed by atoms with Crippen molar-refractivity contribution in [3.05, 3.63) is 0 Å². The zero-order valence-corrected chi connectivity index (χ0v) is 8.29. The summed E-state index contributed by atoms with van der Waals surface area (Å²) >= 11 is 0. The molecule has 0 aromatic heterocycles. The number of hydrogen-bond acceptors (Lipinski definition) is 3. The molecule has 1 aliphatic rings. The molecule has 0 radical (unpaired) electrons. The van der Waals surface area contributed by atoms with Crippen molar-refractivity contribution in [3.63, 3.8) is 0 Å². The molecular weight excluding hydrogens is 187 g/mol. The highest BCUT2D eigenvalue weighted by atomic mass is 31.2. The summed E-state index contributed by atoms with van der Waals surface area (Å²) in [6.07, 6.45) is 10.8. The topological polar surface area (TPSA) is 35.5 Å². The minimum Gasteiger partial charge on any atom is -0.312 e. The summed E-state index contributed by atoms with van der Waals surface area (Å²) in [6, 6.07) is 0. The fourth-order valence-corrected chi connectivity index (χ4v) is 2.72. The standard InChI is InChI=1S/C9H11O3P/c1-4-8-6-7-13(10,11-3)12-9(8)5-2/h1-2,8-9H,6-7H2,3H3. The molecule has 4 heteroatoms. The van der Waals surface area contributed by atoms with Gasteiger partial charge in [-0.3, -0.25) is 9.09 Å². The first-order valence-electron chi connectivity index (χ1n) is 3.90. The monoisotopic (exact) mass is 198 g/mol. The summed E-state index contributed by atoms with van der Waals surface area (Å²) in [5.74, 6) is 4.75. The highest BCUT2D eigenvalue weighted by Crippen LogP contribution is 2.53. The van der Waals surface area contributed by atoms with Gasteiger partial charge in [0.2, 0.25) is 0 Å². The van der Waals surface area contributed by atoms with Gasteiger partial charge in [0, 0.05) is 7.11 Å². The van der Waals surface area contributed by atoms with Gasteiger partial charge in [0.1, 0.15) is 6.10 Å². The van der Waals surface area contributed by atoms with Crippen LogP contribution in [0.3, 0.4) is 0 Å². The summed E-state index contributed by atoms with van der Waals surface area (Å²) in [6.45, 7) is 0. The van der Waals surface area contributed by atoms with Crippen LogP contribution in [0.1, 0.15) is 6.42 Å². The van der Waals surface area contributed by atoms with Crippen LogP contribution in [-0.2, 0) is 13.6 Å². The van der Waals surface area contributed by atoms with Crippen molar-refractivity contribution < 1.29 is 13.6 Å². The Hall–Kier alpha value is -0.730. The Labute approximate surface area is 78.3 Å². The van der Waals surface area contributed by atoms with Crippen molar-refractivity contribution in [2.45, 2.75) is 12.5 Å². The van der Waals surface area contributed by atoms with Gasteiger partial charge in [-0.1, -0.05) is 11.8 Å². The third-order valence-electron chi connectivity index (χ3n) is 2.01. The lowest BCUT2D eigenvalue weighted by atomic mass is 10.0. The molecule has 0 spiro atoms. The van der Waals surface area contributed by atoms with Crippen LogP contribution in [-0.4, -0.2) is 19.4 Å². The Bertz CT molecular complexity index is 310. The lowest BCUT2D eigenvalue weighted by Crippen LogP contribution is -2.27. The van der Waals surface area contributed by atoms with Crippen molar-refractivity contribution in [2.24, 2.45) is 5.92 Å². The molecule has 1 saturated heterocycles. The van der Waals surface area contributed by atoms with Crippen LogP contribution in [0.2, 0.25) is 0 Å². The van der Waals surface area contributed by atoms with Gasteiger partial charge >= 0.3 is 7.60 Å². The fraction of sp³-hybridized carbons (Fsp3) is 0.556. The van der Waals surface area contributed by atoms with Crippen LogP contribution in [0.25, 0.3) is 0 Å². The van der Waals surface area contributed by atoms with Gasteiger partial charge in [0.15, 0.2) is 0 Å². The van der Waals surface area contributed by atoms with Gasteiger partial charge in [-0.25, -0.2) is 0 Å². The number of rotatable bonds is 1. The van der Waals surface area contributed by atoms with E-state index in [1.807, 2.05) is 0 Å². The maximum absolute atomic E-state index is 11.6. The van der Waals surface area contributed by atoms with Crippen LogP contribution in [0, 0.1) is 30.6 Å². The SMILES string of the molecule is C#CC1CCP(=O)(OC)OC1C#C. The van der Waals surface area contributed by atoms with E-state index in [1.54, 1.807) is 0 Å². The molecule has 0 aromatic carbocycles. The van der Waals surface area contributed by atoms with Gasteiger partial charge in [0.05, 0.1) is 12.1 Å². The molecule has 1 aliphatic heterocycles. The van der Waals surface area contributed by atoms with E-state index in [0.717, 1.165) is 0 Å². The smallest absolute Gasteiger partial charge is 0.312 e. The lowest BCUT2D eigenvalue weighted by Gasteiger charge is -2.29. The van der Waals surface area contributed by atoms with Gasteiger partial charge in [-0.15, -0.1) is 12.8 Å². The molecule has 0 amide bonds. The van der Waals surface area contributed by atoms with E-state index in [9.17, 15) is 4.57 Å². The van der Waals surface area contributed by atoms with E-state index in [1.165, 1.54) is 7.11 Å². The highest BCUT2D eigenvalue weighted by molar-refractivity contribution is 7.53. The van der Waals surface area contributed by atoms with Crippen molar-refractivity contribution in [1.29, 1.82) is 0 Å². The van der Waals surface area contributed by atoms with Crippen LogP contribution < -0.4 is 0 Å². The van der Waals surface area contributed by atoms with Crippen LogP contribution in [0.5, 0.6) is 0 Å². The van der Waals surface area contributed by atoms with Crippen molar-refractivity contribution >= 4 is 7.60 Å². The zero-order valence-electron chi connectivity index (χ0n) is 7.40. The molecule has 13 heavy (non-hydrogen) atoms.